The Labute approximate surface area is 60.7 Å². The normalized spacial score (nSPS) is 6.88. The van der Waals surface area contributed by atoms with Gasteiger partial charge in [-0.15, -0.1) is 0 Å². The standard InChI is InChI=1S/C5H5N.ClH.Ni/c1-2-4-6-5-3-1;;/h1-5H;1H;/q;;+1/p-1. The molecule has 1 aromatic heterocycles. The van der Waals surface area contributed by atoms with Crippen LogP contribution in [0.25, 0.3) is 0 Å². The number of pyridine rings is 1. The molecule has 1 heterocycles. The zero-order chi connectivity index (χ0) is 6.24. The van der Waals surface area contributed by atoms with Crippen LogP contribution in [0.4, 0.5) is 0 Å². The van der Waals surface area contributed by atoms with Crippen molar-refractivity contribution in [1.82, 2.24) is 4.98 Å². The Morgan fingerprint density at radius 1 is 1.00 bits per heavy atom. The zero-order valence-electron chi connectivity index (χ0n) is 4.03. The Kier molecular flexibility index (Phi) is 6.88. The summed E-state index contributed by atoms with van der Waals surface area (Å²) in [6.07, 6.45) is 3.50. The van der Waals surface area contributed by atoms with Crippen LogP contribution in [0.2, 0.25) is 0 Å². The Bertz CT molecular complexity index is 84.4. The van der Waals surface area contributed by atoms with Crippen LogP contribution in [0.15, 0.2) is 30.6 Å². The summed E-state index contributed by atoms with van der Waals surface area (Å²) in [4.78, 5) is 3.78. The largest absolute Gasteiger partial charge is 0.265 e. The molecule has 0 aliphatic heterocycles. The summed E-state index contributed by atoms with van der Waals surface area (Å²) in [6.45, 7) is 0. The average Bonchev–Trinajstić information content (AvgIpc) is 1.96. The van der Waals surface area contributed by atoms with Crippen LogP contribution in [0.3, 0.4) is 0 Å². The monoisotopic (exact) mass is 172 g/mol. The first kappa shape index (κ1) is 7.93. The summed E-state index contributed by atoms with van der Waals surface area (Å²) in [6, 6.07) is 5.72. The molecule has 8 heavy (non-hydrogen) atoms. The second-order valence-corrected chi connectivity index (χ2v) is 1.02. The van der Waals surface area contributed by atoms with Crippen LogP contribution in [0, 0.1) is 0 Å². The molecule has 1 rings (SSSR count). The molecule has 0 amide bonds. The minimum atomic E-state index is 1.75. The fourth-order valence-electron chi connectivity index (χ4n) is 0.313. The van der Waals surface area contributed by atoms with E-state index in [1.165, 1.54) is 0 Å². The van der Waals surface area contributed by atoms with E-state index in [0.717, 1.165) is 0 Å². The van der Waals surface area contributed by atoms with E-state index in [1.807, 2.05) is 18.2 Å². The predicted octanol–water partition coefficient (Wildman–Crippen LogP) is 1.77. The number of rotatable bonds is 0. The second-order valence-electron chi connectivity index (χ2n) is 1.02. The summed E-state index contributed by atoms with van der Waals surface area (Å²) in [5, 5.41) is 0. The van der Waals surface area contributed by atoms with Crippen LogP contribution in [-0.2, 0) is 14.6 Å². The van der Waals surface area contributed by atoms with Gasteiger partial charge < -0.3 is 0 Å². The number of aromatic nitrogens is 1. The molecule has 0 saturated heterocycles. The van der Waals surface area contributed by atoms with Gasteiger partial charge >= 0.3 is 24.8 Å². The zero-order valence-corrected chi connectivity index (χ0v) is 5.77. The molecular weight excluding hydrogens is 168 g/mol. The predicted molar refractivity (Wildman–Crippen MR) is 30.1 cm³/mol. The molecule has 0 radical (unpaired) electrons. The first-order chi connectivity index (χ1) is 4.00. The van der Waals surface area contributed by atoms with Crippen molar-refractivity contribution >= 4 is 10.2 Å². The quantitative estimate of drug-likeness (QED) is 0.545. The number of hydrogen-bond donors (Lipinski definition) is 0. The minimum Gasteiger partial charge on any atom is -0.265 e. The van der Waals surface area contributed by atoms with Gasteiger partial charge in [-0.1, -0.05) is 6.07 Å². The van der Waals surface area contributed by atoms with E-state index in [9.17, 15) is 0 Å². The van der Waals surface area contributed by atoms with Crippen LogP contribution < -0.4 is 0 Å². The molecule has 0 spiro atoms. The van der Waals surface area contributed by atoms with Crippen molar-refractivity contribution in [3.05, 3.63) is 30.6 Å². The summed E-state index contributed by atoms with van der Waals surface area (Å²) in [5.41, 5.74) is 0. The van der Waals surface area contributed by atoms with Gasteiger partial charge in [0.2, 0.25) is 0 Å². The maximum Gasteiger partial charge on any atom is 0.0267 e. The molecule has 0 fully saturated rings. The third kappa shape index (κ3) is 4.10. The van der Waals surface area contributed by atoms with E-state index in [-0.39, 0.29) is 0 Å². The number of nitrogens with zero attached hydrogens (tertiary/aromatic N) is 1. The molecule has 0 aliphatic carbocycles. The average molecular weight is 173 g/mol. The molecule has 0 bridgehead atoms. The fourth-order valence-corrected chi connectivity index (χ4v) is 0.313. The van der Waals surface area contributed by atoms with Crippen molar-refractivity contribution in [3.8, 4) is 0 Å². The van der Waals surface area contributed by atoms with E-state index in [1.54, 1.807) is 12.4 Å². The Morgan fingerprint density at radius 2 is 1.50 bits per heavy atom. The van der Waals surface area contributed by atoms with Crippen molar-refractivity contribution in [1.29, 1.82) is 0 Å². The van der Waals surface area contributed by atoms with Crippen molar-refractivity contribution in [3.63, 3.8) is 0 Å². The van der Waals surface area contributed by atoms with Crippen LogP contribution >= 0.6 is 10.2 Å². The third-order valence-electron chi connectivity index (χ3n) is 0.566. The molecule has 0 N–H and O–H groups in total. The van der Waals surface area contributed by atoms with E-state index >= 15 is 0 Å². The smallest absolute Gasteiger partial charge is 0.0267 e. The number of hydrogen-bond acceptors (Lipinski definition) is 1. The van der Waals surface area contributed by atoms with E-state index in [0.29, 0.717) is 0 Å². The Balaban J connectivity index is 0.000000222. The van der Waals surface area contributed by atoms with Gasteiger partial charge in [0.1, 0.15) is 0 Å². The second kappa shape index (κ2) is 6.93. The van der Waals surface area contributed by atoms with Crippen molar-refractivity contribution < 1.29 is 14.6 Å². The molecule has 0 aromatic carbocycles. The molecule has 0 saturated carbocycles. The Morgan fingerprint density at radius 3 is 1.62 bits per heavy atom. The maximum atomic E-state index is 4.26. The molecule has 1 aromatic rings. The van der Waals surface area contributed by atoms with Gasteiger partial charge in [0.25, 0.3) is 0 Å². The molecule has 3 heteroatoms. The van der Waals surface area contributed by atoms with Crippen LogP contribution in [0.1, 0.15) is 0 Å². The van der Waals surface area contributed by atoms with Crippen LogP contribution in [0.5, 0.6) is 0 Å². The molecule has 0 unspecified atom stereocenters. The minimum absolute atomic E-state index is 1.75. The Hall–Kier alpha value is -0.0665. The molecule has 0 aliphatic rings. The molecule has 47 valence electrons. The van der Waals surface area contributed by atoms with E-state index < -0.39 is 0 Å². The topological polar surface area (TPSA) is 12.9 Å². The van der Waals surface area contributed by atoms with E-state index in [2.05, 4.69) is 29.8 Å². The third-order valence-corrected chi connectivity index (χ3v) is 0.566. The molecule has 0 atom stereocenters. The molecule has 1 nitrogen and oxygen atoms in total. The van der Waals surface area contributed by atoms with Crippen molar-refractivity contribution in [2.75, 3.05) is 0 Å². The van der Waals surface area contributed by atoms with Gasteiger partial charge in [-0.05, 0) is 12.1 Å². The van der Waals surface area contributed by atoms with Crippen LogP contribution in [-0.4, -0.2) is 4.98 Å². The van der Waals surface area contributed by atoms with Gasteiger partial charge in [0, 0.05) is 12.4 Å². The van der Waals surface area contributed by atoms with Gasteiger partial charge in [0.05, 0.1) is 0 Å². The first-order valence-electron chi connectivity index (χ1n) is 1.97. The fraction of sp³-hybridized carbons (Fsp3) is 0. The number of halogens is 1. The summed E-state index contributed by atoms with van der Waals surface area (Å²) >= 11 is 3.35. The summed E-state index contributed by atoms with van der Waals surface area (Å²) in [5.74, 6) is 0. The van der Waals surface area contributed by atoms with Gasteiger partial charge in [-0.25, -0.2) is 0 Å². The van der Waals surface area contributed by atoms with Gasteiger partial charge in [-0.2, -0.15) is 0 Å². The summed E-state index contributed by atoms with van der Waals surface area (Å²) in [7, 11) is 4.26. The summed E-state index contributed by atoms with van der Waals surface area (Å²) < 4.78 is 0. The molecular formula is C5H5ClNNi. The SMILES string of the molecule is [Cl][Ni].c1ccncc1. The van der Waals surface area contributed by atoms with Crippen molar-refractivity contribution in [2.45, 2.75) is 0 Å². The van der Waals surface area contributed by atoms with Gasteiger partial charge in [-0.3, -0.25) is 4.98 Å². The van der Waals surface area contributed by atoms with Crippen molar-refractivity contribution in [2.24, 2.45) is 0 Å². The van der Waals surface area contributed by atoms with Gasteiger partial charge in [0.15, 0.2) is 0 Å². The first-order valence-corrected chi connectivity index (χ1v) is 3.33. The maximum absolute atomic E-state index is 4.26. The van der Waals surface area contributed by atoms with E-state index in [4.69, 9.17) is 0 Å².